The van der Waals surface area contributed by atoms with Crippen LogP contribution in [0.5, 0.6) is 0 Å². The van der Waals surface area contributed by atoms with Crippen LogP contribution >= 0.6 is 0 Å². The molecule has 0 bridgehead atoms. The van der Waals surface area contributed by atoms with Crippen LogP contribution in [0.15, 0.2) is 30.3 Å². The normalized spacial score (nSPS) is 15.4. The second-order valence-corrected chi connectivity index (χ2v) is 5.95. The molecule has 1 heteroatoms. The van der Waals surface area contributed by atoms with Crippen LogP contribution in [0.2, 0.25) is 0 Å². The van der Waals surface area contributed by atoms with Gasteiger partial charge in [0, 0.05) is 11.5 Å². The van der Waals surface area contributed by atoms with Crippen LogP contribution in [0.4, 0.5) is 0 Å². The fraction of sp³-hybridized carbons (Fsp3) is 0.647. The van der Waals surface area contributed by atoms with Crippen LogP contribution in [-0.2, 0) is 5.41 Å². The summed E-state index contributed by atoms with van der Waals surface area (Å²) >= 11 is 0. The average molecular weight is 247 g/mol. The zero-order chi connectivity index (χ0) is 13.6. The van der Waals surface area contributed by atoms with Crippen molar-refractivity contribution >= 4 is 0 Å². The van der Waals surface area contributed by atoms with Crippen LogP contribution in [0.25, 0.3) is 0 Å². The summed E-state index contributed by atoms with van der Waals surface area (Å²) < 4.78 is 0. The lowest BCUT2D eigenvalue weighted by atomic mass is 9.74. The van der Waals surface area contributed by atoms with Gasteiger partial charge in [-0.05, 0) is 24.4 Å². The molecule has 0 aliphatic carbocycles. The Kier molecular flexibility index (Phi) is 5.87. The largest absolute Gasteiger partial charge is 0.313 e. The Bertz CT molecular complexity index is 329. The minimum absolute atomic E-state index is 0.181. The van der Waals surface area contributed by atoms with Crippen LogP contribution in [0.3, 0.4) is 0 Å². The molecule has 0 aliphatic heterocycles. The molecule has 0 radical (unpaired) electrons. The fourth-order valence-corrected chi connectivity index (χ4v) is 2.52. The van der Waals surface area contributed by atoms with Gasteiger partial charge in [0.15, 0.2) is 0 Å². The second kappa shape index (κ2) is 6.94. The number of benzene rings is 1. The van der Waals surface area contributed by atoms with Crippen molar-refractivity contribution in [3.63, 3.8) is 0 Å². The van der Waals surface area contributed by atoms with Crippen LogP contribution < -0.4 is 5.32 Å². The Hall–Kier alpha value is -0.820. The van der Waals surface area contributed by atoms with E-state index < -0.39 is 0 Å². The molecule has 0 amide bonds. The molecule has 0 saturated carbocycles. The highest BCUT2D eigenvalue weighted by molar-refractivity contribution is 5.25. The summed E-state index contributed by atoms with van der Waals surface area (Å²) in [5.74, 6) is 0.775. The van der Waals surface area contributed by atoms with Crippen LogP contribution in [-0.4, -0.2) is 12.6 Å². The number of hydrogen-bond acceptors (Lipinski definition) is 1. The minimum Gasteiger partial charge on any atom is -0.313 e. The molecule has 1 aromatic carbocycles. The Labute approximate surface area is 113 Å². The molecule has 0 aliphatic rings. The molecule has 0 heterocycles. The van der Waals surface area contributed by atoms with E-state index in [4.69, 9.17) is 0 Å². The first-order chi connectivity index (χ1) is 8.52. The first-order valence-electron chi connectivity index (χ1n) is 7.31. The van der Waals surface area contributed by atoms with E-state index in [-0.39, 0.29) is 5.41 Å². The lowest BCUT2D eigenvalue weighted by Gasteiger charge is -2.37. The topological polar surface area (TPSA) is 12.0 Å². The van der Waals surface area contributed by atoms with Crippen molar-refractivity contribution in [1.82, 2.24) is 5.32 Å². The van der Waals surface area contributed by atoms with Gasteiger partial charge >= 0.3 is 0 Å². The lowest BCUT2D eigenvalue weighted by Crippen LogP contribution is -2.45. The van der Waals surface area contributed by atoms with Gasteiger partial charge in [-0.3, -0.25) is 0 Å². The molecule has 0 spiro atoms. The van der Waals surface area contributed by atoms with E-state index in [9.17, 15) is 0 Å². The highest BCUT2D eigenvalue weighted by Crippen LogP contribution is 2.31. The monoisotopic (exact) mass is 247 g/mol. The maximum Gasteiger partial charge on any atom is 0.0161 e. The van der Waals surface area contributed by atoms with Crippen molar-refractivity contribution in [3.8, 4) is 0 Å². The van der Waals surface area contributed by atoms with Crippen molar-refractivity contribution < 1.29 is 0 Å². The van der Waals surface area contributed by atoms with Crippen LogP contribution in [0, 0.1) is 5.92 Å². The van der Waals surface area contributed by atoms with Gasteiger partial charge in [-0.2, -0.15) is 0 Å². The van der Waals surface area contributed by atoms with Crippen molar-refractivity contribution in [1.29, 1.82) is 0 Å². The molecule has 1 nitrogen and oxygen atoms in total. The Morgan fingerprint density at radius 3 is 2.22 bits per heavy atom. The molecule has 0 aromatic heterocycles. The Morgan fingerprint density at radius 1 is 1.11 bits per heavy atom. The predicted octanol–water partition coefficient (Wildman–Crippen LogP) is 4.38. The molecule has 1 aromatic rings. The molecule has 2 atom stereocenters. The summed E-state index contributed by atoms with van der Waals surface area (Å²) in [5, 5.41) is 3.69. The molecule has 0 saturated heterocycles. The van der Waals surface area contributed by atoms with Gasteiger partial charge in [0.1, 0.15) is 0 Å². The number of hydrogen-bond donors (Lipinski definition) is 1. The standard InChI is InChI=1S/C17H29N/c1-6-14(3)13-16(18-7-2)17(4,5)15-11-9-8-10-12-15/h8-12,14,16,18H,6-7,13H2,1-5H3. The maximum absolute atomic E-state index is 3.69. The van der Waals surface area contributed by atoms with E-state index in [0.717, 1.165) is 12.5 Å². The molecular formula is C17H29N. The van der Waals surface area contributed by atoms with Gasteiger partial charge in [0.2, 0.25) is 0 Å². The molecule has 1 N–H and O–H groups in total. The molecule has 102 valence electrons. The van der Waals surface area contributed by atoms with E-state index in [2.05, 4.69) is 70.3 Å². The number of likely N-dealkylation sites (N-methyl/N-ethyl adjacent to an activating group) is 1. The number of nitrogens with one attached hydrogen (secondary N) is 1. The highest BCUT2D eigenvalue weighted by Gasteiger charge is 2.31. The summed E-state index contributed by atoms with van der Waals surface area (Å²) in [6.45, 7) is 12.6. The Morgan fingerprint density at radius 2 is 1.72 bits per heavy atom. The van der Waals surface area contributed by atoms with Crippen LogP contribution in [0.1, 0.15) is 53.0 Å². The van der Waals surface area contributed by atoms with E-state index in [1.165, 1.54) is 18.4 Å². The zero-order valence-electron chi connectivity index (χ0n) is 12.7. The number of rotatable bonds is 7. The summed E-state index contributed by atoms with van der Waals surface area (Å²) in [6.07, 6.45) is 2.50. The second-order valence-electron chi connectivity index (χ2n) is 5.95. The van der Waals surface area contributed by atoms with Crippen molar-refractivity contribution in [2.45, 2.75) is 58.9 Å². The average Bonchev–Trinajstić information content (AvgIpc) is 2.39. The van der Waals surface area contributed by atoms with E-state index in [0.29, 0.717) is 6.04 Å². The third-order valence-corrected chi connectivity index (χ3v) is 4.17. The van der Waals surface area contributed by atoms with Gasteiger partial charge < -0.3 is 5.32 Å². The maximum atomic E-state index is 3.69. The lowest BCUT2D eigenvalue weighted by molar-refractivity contribution is 0.287. The quantitative estimate of drug-likeness (QED) is 0.754. The van der Waals surface area contributed by atoms with E-state index >= 15 is 0 Å². The van der Waals surface area contributed by atoms with Crippen molar-refractivity contribution in [3.05, 3.63) is 35.9 Å². The summed E-state index contributed by atoms with van der Waals surface area (Å²) in [7, 11) is 0. The summed E-state index contributed by atoms with van der Waals surface area (Å²) in [4.78, 5) is 0. The van der Waals surface area contributed by atoms with Gasteiger partial charge in [-0.15, -0.1) is 0 Å². The fourth-order valence-electron chi connectivity index (χ4n) is 2.52. The molecule has 18 heavy (non-hydrogen) atoms. The Balaban J connectivity index is 2.89. The smallest absolute Gasteiger partial charge is 0.0161 e. The van der Waals surface area contributed by atoms with Gasteiger partial charge in [-0.25, -0.2) is 0 Å². The molecular weight excluding hydrogens is 218 g/mol. The summed E-state index contributed by atoms with van der Waals surface area (Å²) in [5.41, 5.74) is 1.61. The molecule has 2 unspecified atom stereocenters. The molecule has 1 rings (SSSR count). The van der Waals surface area contributed by atoms with Crippen molar-refractivity contribution in [2.75, 3.05) is 6.54 Å². The first-order valence-corrected chi connectivity index (χ1v) is 7.31. The van der Waals surface area contributed by atoms with Crippen molar-refractivity contribution in [2.24, 2.45) is 5.92 Å². The molecule has 0 fully saturated rings. The zero-order valence-corrected chi connectivity index (χ0v) is 12.7. The third kappa shape index (κ3) is 3.84. The SMILES string of the molecule is CCNC(CC(C)CC)C(C)(C)c1ccccc1. The minimum atomic E-state index is 0.181. The third-order valence-electron chi connectivity index (χ3n) is 4.17. The van der Waals surface area contributed by atoms with Gasteiger partial charge in [-0.1, -0.05) is 71.4 Å². The predicted molar refractivity (Wildman–Crippen MR) is 81.0 cm³/mol. The van der Waals surface area contributed by atoms with Gasteiger partial charge in [0.25, 0.3) is 0 Å². The first kappa shape index (κ1) is 15.2. The van der Waals surface area contributed by atoms with E-state index in [1.807, 2.05) is 0 Å². The highest BCUT2D eigenvalue weighted by atomic mass is 14.9. The van der Waals surface area contributed by atoms with Gasteiger partial charge in [0.05, 0.1) is 0 Å². The summed E-state index contributed by atoms with van der Waals surface area (Å²) in [6, 6.07) is 11.4. The van der Waals surface area contributed by atoms with E-state index in [1.54, 1.807) is 0 Å².